The maximum absolute atomic E-state index is 13.0. The lowest BCUT2D eigenvalue weighted by Crippen LogP contribution is -2.29. The van der Waals surface area contributed by atoms with E-state index in [-0.39, 0.29) is 54.2 Å². The fourth-order valence-electron chi connectivity index (χ4n) is 4.08. The monoisotopic (exact) mass is 523 g/mol. The van der Waals surface area contributed by atoms with Crippen LogP contribution in [0.2, 0.25) is 0 Å². The molecule has 12 heteroatoms. The predicted molar refractivity (Wildman–Crippen MR) is 132 cm³/mol. The highest BCUT2D eigenvalue weighted by atomic mass is 19.4. The molecule has 9 nitrogen and oxygen atoms in total. The Bertz CT molecular complexity index is 1770. The first kappa shape index (κ1) is 24.9. The van der Waals surface area contributed by atoms with Gasteiger partial charge in [-0.05, 0) is 29.8 Å². The highest BCUT2D eigenvalue weighted by Gasteiger charge is 2.30. The molecule has 0 aliphatic carbocycles. The van der Waals surface area contributed by atoms with E-state index in [1.165, 1.54) is 40.0 Å². The number of para-hydroxylation sites is 1. The molecule has 0 atom stereocenters. The summed E-state index contributed by atoms with van der Waals surface area (Å²) < 4.78 is 47.3. The van der Waals surface area contributed by atoms with Gasteiger partial charge in [-0.25, -0.2) is 9.67 Å². The van der Waals surface area contributed by atoms with E-state index < -0.39 is 17.3 Å². The number of halogens is 3. The summed E-state index contributed by atoms with van der Waals surface area (Å²) in [6.07, 6.45) is -2.02. The summed E-state index contributed by atoms with van der Waals surface area (Å²) in [6, 6.07) is 12.8. The van der Waals surface area contributed by atoms with Crippen molar-refractivity contribution in [2.24, 2.45) is 0 Å². The van der Waals surface area contributed by atoms with Crippen LogP contribution in [0.4, 0.5) is 13.2 Å². The van der Waals surface area contributed by atoms with Gasteiger partial charge >= 0.3 is 6.18 Å². The second-order valence-corrected chi connectivity index (χ2v) is 8.58. The van der Waals surface area contributed by atoms with Crippen molar-refractivity contribution in [3.05, 3.63) is 105 Å². The second kappa shape index (κ2) is 9.96. The lowest BCUT2D eigenvalue weighted by atomic mass is 10.1. The SMILES string of the molecule is O=C(Cc1cc(=O)c2ccccc2o1)NCCn1ncc2c(=O)n(Cc3cccc(C(F)(F)F)c3)cnc21. The topological polar surface area (TPSA) is 112 Å². The van der Waals surface area contributed by atoms with E-state index in [4.69, 9.17) is 4.42 Å². The second-order valence-electron chi connectivity index (χ2n) is 8.58. The van der Waals surface area contributed by atoms with Crippen LogP contribution in [0.3, 0.4) is 0 Å². The predicted octanol–water partition coefficient (Wildman–Crippen LogP) is 3.13. The van der Waals surface area contributed by atoms with Crippen LogP contribution in [-0.2, 0) is 30.5 Å². The van der Waals surface area contributed by atoms with Gasteiger partial charge in [0, 0.05) is 12.6 Å². The van der Waals surface area contributed by atoms with Gasteiger partial charge in [0.05, 0.1) is 36.7 Å². The van der Waals surface area contributed by atoms with E-state index in [1.807, 2.05) is 0 Å². The smallest absolute Gasteiger partial charge is 0.416 e. The van der Waals surface area contributed by atoms with Gasteiger partial charge < -0.3 is 9.73 Å². The molecule has 3 aromatic heterocycles. The Morgan fingerprint density at radius 1 is 1.03 bits per heavy atom. The number of rotatable bonds is 7. The number of carbonyl (C=O) groups excluding carboxylic acids is 1. The molecule has 2 aromatic carbocycles. The summed E-state index contributed by atoms with van der Waals surface area (Å²) in [5.41, 5.74) is -0.493. The largest absolute Gasteiger partial charge is 0.460 e. The first-order valence-corrected chi connectivity index (χ1v) is 11.5. The molecule has 1 amide bonds. The summed E-state index contributed by atoms with van der Waals surface area (Å²) in [4.78, 5) is 41.7. The molecule has 5 rings (SSSR count). The molecule has 1 N–H and O–H groups in total. The molecule has 0 unspecified atom stereocenters. The third-order valence-electron chi connectivity index (χ3n) is 5.90. The maximum Gasteiger partial charge on any atom is 0.416 e. The zero-order valence-corrected chi connectivity index (χ0v) is 19.7. The average Bonchev–Trinajstić information content (AvgIpc) is 3.29. The number of benzene rings is 2. The standard InChI is InChI=1S/C26H20F3N5O4/c27-26(28,29)17-5-3-4-16(10-17)14-33-15-31-24-20(25(33)37)13-32-34(24)9-8-30-23(36)12-18-11-21(35)19-6-1-2-7-22(19)38-18/h1-7,10-11,13,15H,8-9,12,14H2,(H,30,36). The minimum absolute atomic E-state index is 0.0855. The molecule has 38 heavy (non-hydrogen) atoms. The molecular weight excluding hydrogens is 503 g/mol. The molecule has 0 aliphatic heterocycles. The van der Waals surface area contributed by atoms with Gasteiger partial charge in [-0.1, -0.05) is 24.3 Å². The van der Waals surface area contributed by atoms with Crippen molar-refractivity contribution >= 4 is 27.9 Å². The average molecular weight is 523 g/mol. The first-order valence-electron chi connectivity index (χ1n) is 11.5. The molecule has 5 aromatic rings. The number of fused-ring (bicyclic) bond motifs is 2. The zero-order valence-electron chi connectivity index (χ0n) is 19.7. The van der Waals surface area contributed by atoms with E-state index in [1.54, 1.807) is 24.3 Å². The van der Waals surface area contributed by atoms with Crippen molar-refractivity contribution in [1.82, 2.24) is 24.6 Å². The number of hydrogen-bond acceptors (Lipinski definition) is 6. The lowest BCUT2D eigenvalue weighted by molar-refractivity contribution is -0.137. The van der Waals surface area contributed by atoms with Gasteiger partial charge in [0.2, 0.25) is 5.91 Å². The normalized spacial score (nSPS) is 11.8. The van der Waals surface area contributed by atoms with Crippen molar-refractivity contribution < 1.29 is 22.4 Å². The van der Waals surface area contributed by atoms with Gasteiger partial charge in [-0.2, -0.15) is 18.3 Å². The van der Waals surface area contributed by atoms with Gasteiger partial charge in [-0.15, -0.1) is 0 Å². The highest BCUT2D eigenvalue weighted by molar-refractivity contribution is 5.80. The van der Waals surface area contributed by atoms with Crippen LogP contribution in [0.25, 0.3) is 22.0 Å². The van der Waals surface area contributed by atoms with Gasteiger partial charge in [0.25, 0.3) is 5.56 Å². The van der Waals surface area contributed by atoms with E-state index in [0.29, 0.717) is 16.5 Å². The quantitative estimate of drug-likeness (QED) is 0.351. The molecule has 0 fully saturated rings. The number of hydrogen-bond donors (Lipinski definition) is 1. The van der Waals surface area contributed by atoms with Crippen molar-refractivity contribution in [2.75, 3.05) is 6.54 Å². The van der Waals surface area contributed by atoms with E-state index in [9.17, 15) is 27.6 Å². The summed E-state index contributed by atoms with van der Waals surface area (Å²) in [6.45, 7) is 0.293. The van der Waals surface area contributed by atoms with Crippen LogP contribution in [-0.4, -0.2) is 31.8 Å². The Morgan fingerprint density at radius 3 is 2.66 bits per heavy atom. The number of aromatic nitrogens is 4. The Balaban J connectivity index is 1.24. The van der Waals surface area contributed by atoms with Gasteiger partial charge in [0.1, 0.15) is 23.1 Å². The molecule has 3 heterocycles. The minimum atomic E-state index is -4.48. The molecule has 0 spiro atoms. The summed E-state index contributed by atoms with van der Waals surface area (Å²) in [5.74, 6) is -0.130. The Kier molecular flexibility index (Phi) is 6.53. The number of amides is 1. The number of nitrogens with zero attached hydrogens (tertiary/aromatic N) is 4. The molecule has 0 saturated carbocycles. The third-order valence-corrected chi connectivity index (χ3v) is 5.90. The van der Waals surface area contributed by atoms with E-state index in [0.717, 1.165) is 12.1 Å². The molecular formula is C26H20F3N5O4. The lowest BCUT2D eigenvalue weighted by Gasteiger charge is -2.10. The fraction of sp³-hybridized carbons (Fsp3) is 0.192. The number of nitrogens with one attached hydrogen (secondary N) is 1. The van der Waals surface area contributed by atoms with Crippen LogP contribution in [0.1, 0.15) is 16.9 Å². The highest BCUT2D eigenvalue weighted by Crippen LogP contribution is 2.29. The molecule has 0 saturated heterocycles. The third kappa shape index (κ3) is 5.19. The summed E-state index contributed by atoms with van der Waals surface area (Å²) >= 11 is 0. The van der Waals surface area contributed by atoms with Gasteiger partial charge in [-0.3, -0.25) is 19.0 Å². The van der Waals surface area contributed by atoms with E-state index in [2.05, 4.69) is 15.4 Å². The molecule has 0 aliphatic rings. The van der Waals surface area contributed by atoms with Crippen molar-refractivity contribution in [3.63, 3.8) is 0 Å². The maximum atomic E-state index is 13.0. The van der Waals surface area contributed by atoms with Crippen LogP contribution in [0.5, 0.6) is 0 Å². The minimum Gasteiger partial charge on any atom is -0.460 e. The Labute approximate surface area is 212 Å². The van der Waals surface area contributed by atoms with Crippen LogP contribution in [0, 0.1) is 0 Å². The molecule has 194 valence electrons. The number of carbonyl (C=O) groups is 1. The Hall–Kier alpha value is -4.74. The first-order chi connectivity index (χ1) is 18.2. The Morgan fingerprint density at radius 2 is 1.84 bits per heavy atom. The number of alkyl halides is 3. The fourth-order valence-corrected chi connectivity index (χ4v) is 4.08. The van der Waals surface area contributed by atoms with Crippen molar-refractivity contribution in [2.45, 2.75) is 25.7 Å². The van der Waals surface area contributed by atoms with Crippen molar-refractivity contribution in [3.8, 4) is 0 Å². The van der Waals surface area contributed by atoms with Gasteiger partial charge in [0.15, 0.2) is 11.1 Å². The molecule has 0 radical (unpaired) electrons. The van der Waals surface area contributed by atoms with Crippen molar-refractivity contribution in [1.29, 1.82) is 0 Å². The zero-order chi connectivity index (χ0) is 26.9. The van der Waals surface area contributed by atoms with Crippen LogP contribution >= 0.6 is 0 Å². The summed E-state index contributed by atoms with van der Waals surface area (Å²) in [5, 5.41) is 7.50. The summed E-state index contributed by atoms with van der Waals surface area (Å²) in [7, 11) is 0. The van der Waals surface area contributed by atoms with Crippen LogP contribution < -0.4 is 16.3 Å². The molecule has 0 bridgehead atoms. The van der Waals surface area contributed by atoms with Crippen LogP contribution in [0.15, 0.2) is 81.1 Å². The van der Waals surface area contributed by atoms with E-state index >= 15 is 0 Å².